The van der Waals surface area contributed by atoms with Gasteiger partial charge in [0.25, 0.3) is 0 Å². The van der Waals surface area contributed by atoms with Crippen molar-refractivity contribution in [3.8, 4) is 0 Å². The average Bonchev–Trinajstić information content (AvgIpc) is 2.39. The van der Waals surface area contributed by atoms with Gasteiger partial charge in [0.1, 0.15) is 5.82 Å². The van der Waals surface area contributed by atoms with Crippen molar-refractivity contribution in [3.63, 3.8) is 0 Å². The third-order valence-corrected chi connectivity index (χ3v) is 4.07. The quantitative estimate of drug-likeness (QED) is 0.841. The molecule has 0 spiro atoms. The molecule has 1 atom stereocenters. The molecule has 0 aromatic heterocycles. The van der Waals surface area contributed by atoms with Crippen molar-refractivity contribution < 1.29 is 9.50 Å². The van der Waals surface area contributed by atoms with E-state index in [2.05, 4.69) is 0 Å². The lowest BCUT2D eigenvalue weighted by Crippen LogP contribution is -2.15. The summed E-state index contributed by atoms with van der Waals surface area (Å²) in [6.45, 7) is 0. The molecule has 0 saturated carbocycles. The summed E-state index contributed by atoms with van der Waals surface area (Å²) < 4.78 is 13.7. The molecule has 2 rings (SSSR count). The average molecular weight is 334 g/mol. The molecule has 1 nitrogen and oxygen atoms in total. The van der Waals surface area contributed by atoms with Gasteiger partial charge >= 0.3 is 0 Å². The Hall–Kier alpha value is -0.800. The largest absolute Gasteiger partial charge is 0.392 e. The fourth-order valence-electron chi connectivity index (χ4n) is 2.00. The molecule has 2 aromatic carbocycles. The van der Waals surface area contributed by atoms with Crippen molar-refractivity contribution in [1.29, 1.82) is 0 Å². The summed E-state index contributed by atoms with van der Waals surface area (Å²) in [7, 11) is 0. The van der Waals surface area contributed by atoms with Crippen LogP contribution in [0.2, 0.25) is 15.1 Å². The summed E-state index contributed by atoms with van der Waals surface area (Å²) in [5.74, 6) is -0.429. The predicted octanol–water partition coefficient (Wildman–Crippen LogP) is 4.93. The monoisotopic (exact) mass is 332 g/mol. The number of aliphatic hydroxyl groups is 1. The molecule has 0 bridgehead atoms. The highest BCUT2D eigenvalue weighted by molar-refractivity contribution is 6.36. The molecule has 0 aliphatic heterocycles. The first-order valence-corrected chi connectivity index (χ1v) is 7.16. The molecule has 0 radical (unpaired) electrons. The lowest BCUT2D eigenvalue weighted by molar-refractivity contribution is 0.174. The van der Waals surface area contributed by atoms with Gasteiger partial charge in [-0.3, -0.25) is 0 Å². The van der Waals surface area contributed by atoms with E-state index in [1.165, 1.54) is 12.1 Å². The van der Waals surface area contributed by atoms with E-state index in [9.17, 15) is 9.50 Å². The van der Waals surface area contributed by atoms with Gasteiger partial charge in [-0.1, -0.05) is 46.9 Å². The van der Waals surface area contributed by atoms with E-state index in [0.717, 1.165) is 0 Å². The fraction of sp³-hybridized carbons (Fsp3) is 0.200. The molecule has 1 unspecified atom stereocenters. The molecule has 1 N–H and O–H groups in total. The second-order valence-corrected chi connectivity index (χ2v) is 5.68. The van der Waals surface area contributed by atoms with E-state index < -0.39 is 11.9 Å². The van der Waals surface area contributed by atoms with Gasteiger partial charge in [0.05, 0.1) is 6.10 Å². The summed E-state index contributed by atoms with van der Waals surface area (Å²) >= 11 is 18.0. The molecule has 106 valence electrons. The van der Waals surface area contributed by atoms with E-state index in [-0.39, 0.29) is 12.8 Å². The van der Waals surface area contributed by atoms with Crippen molar-refractivity contribution in [1.82, 2.24) is 0 Å². The summed E-state index contributed by atoms with van der Waals surface area (Å²) in [5.41, 5.74) is 0.945. The van der Waals surface area contributed by atoms with Crippen molar-refractivity contribution in [2.45, 2.75) is 18.9 Å². The van der Waals surface area contributed by atoms with Crippen LogP contribution in [0.1, 0.15) is 11.1 Å². The topological polar surface area (TPSA) is 20.2 Å². The van der Waals surface area contributed by atoms with E-state index in [1.54, 1.807) is 24.3 Å². The highest BCUT2D eigenvalue weighted by Gasteiger charge is 2.16. The standard InChI is InChI=1S/C15H12Cl3FO/c16-12-3-1-4-13(17)10(12)7-9(20)8-11-14(18)5-2-6-15(11)19/h1-6,9,20H,7-8H2. The number of rotatable bonds is 4. The number of hydrogen-bond acceptors (Lipinski definition) is 1. The number of aliphatic hydroxyl groups excluding tert-OH is 1. The second-order valence-electron chi connectivity index (χ2n) is 4.46. The van der Waals surface area contributed by atoms with Crippen molar-refractivity contribution >= 4 is 34.8 Å². The second kappa shape index (κ2) is 6.77. The number of benzene rings is 2. The summed E-state index contributed by atoms with van der Waals surface area (Å²) in [6, 6.07) is 9.56. The normalized spacial score (nSPS) is 12.4. The first-order valence-electron chi connectivity index (χ1n) is 6.03. The highest BCUT2D eigenvalue weighted by atomic mass is 35.5. The highest BCUT2D eigenvalue weighted by Crippen LogP contribution is 2.27. The number of halogens is 4. The third-order valence-electron chi connectivity index (χ3n) is 3.00. The molecule has 20 heavy (non-hydrogen) atoms. The lowest BCUT2D eigenvalue weighted by atomic mass is 10.0. The Kier molecular flexibility index (Phi) is 5.28. The lowest BCUT2D eigenvalue weighted by Gasteiger charge is -2.14. The third kappa shape index (κ3) is 3.64. The minimum absolute atomic E-state index is 0.104. The van der Waals surface area contributed by atoms with Gasteiger partial charge in [0.15, 0.2) is 0 Å². The first kappa shape index (κ1) is 15.6. The Morgan fingerprint density at radius 2 is 1.30 bits per heavy atom. The van der Waals surface area contributed by atoms with E-state index in [4.69, 9.17) is 34.8 Å². The Labute approximate surface area is 131 Å². The van der Waals surface area contributed by atoms with Gasteiger partial charge < -0.3 is 5.11 Å². The van der Waals surface area contributed by atoms with Crippen LogP contribution in [0, 0.1) is 5.82 Å². The molecule has 0 amide bonds. The number of hydrogen-bond donors (Lipinski definition) is 1. The van der Waals surface area contributed by atoms with Crippen LogP contribution in [-0.2, 0) is 12.8 Å². The molecule has 2 aromatic rings. The van der Waals surface area contributed by atoms with Crippen LogP contribution >= 0.6 is 34.8 Å². The van der Waals surface area contributed by atoms with E-state index in [0.29, 0.717) is 26.2 Å². The maximum Gasteiger partial charge on any atom is 0.127 e. The molecular weight excluding hydrogens is 322 g/mol. The van der Waals surface area contributed by atoms with E-state index >= 15 is 0 Å². The SMILES string of the molecule is OC(Cc1c(F)cccc1Cl)Cc1c(Cl)cccc1Cl. The fourth-order valence-corrected chi connectivity index (χ4v) is 2.79. The van der Waals surface area contributed by atoms with Crippen molar-refractivity contribution in [2.24, 2.45) is 0 Å². The zero-order valence-electron chi connectivity index (χ0n) is 10.4. The van der Waals surface area contributed by atoms with Crippen LogP contribution in [-0.4, -0.2) is 11.2 Å². The molecular formula is C15H12Cl3FO. The van der Waals surface area contributed by atoms with Crippen molar-refractivity contribution in [3.05, 3.63) is 68.4 Å². The van der Waals surface area contributed by atoms with Crippen LogP contribution in [0.15, 0.2) is 36.4 Å². The smallest absolute Gasteiger partial charge is 0.127 e. The van der Waals surface area contributed by atoms with Crippen LogP contribution in [0.4, 0.5) is 4.39 Å². The molecule has 0 aliphatic carbocycles. The van der Waals surface area contributed by atoms with E-state index in [1.807, 2.05) is 0 Å². The van der Waals surface area contributed by atoms with Gasteiger partial charge in [-0.05, 0) is 29.8 Å². The van der Waals surface area contributed by atoms with Crippen LogP contribution in [0.5, 0.6) is 0 Å². The summed E-state index contributed by atoms with van der Waals surface area (Å²) in [5, 5.41) is 11.4. The molecule has 5 heteroatoms. The Morgan fingerprint density at radius 1 is 0.850 bits per heavy atom. The van der Waals surface area contributed by atoms with Crippen LogP contribution in [0.3, 0.4) is 0 Å². The van der Waals surface area contributed by atoms with Crippen molar-refractivity contribution in [2.75, 3.05) is 0 Å². The summed E-state index contributed by atoms with van der Waals surface area (Å²) in [4.78, 5) is 0. The molecule has 0 saturated heterocycles. The molecule has 0 aliphatic rings. The maximum atomic E-state index is 13.7. The zero-order valence-corrected chi connectivity index (χ0v) is 12.7. The Bertz CT molecular complexity index is 522. The maximum absolute atomic E-state index is 13.7. The zero-order chi connectivity index (χ0) is 14.7. The Morgan fingerprint density at radius 3 is 1.85 bits per heavy atom. The molecule has 0 fully saturated rings. The first-order chi connectivity index (χ1) is 9.49. The summed E-state index contributed by atoms with van der Waals surface area (Å²) in [6.07, 6.45) is -0.474. The minimum atomic E-state index is -0.818. The van der Waals surface area contributed by atoms with Gasteiger partial charge in [0.2, 0.25) is 0 Å². The van der Waals surface area contributed by atoms with Crippen LogP contribution < -0.4 is 0 Å². The van der Waals surface area contributed by atoms with Crippen LogP contribution in [0.25, 0.3) is 0 Å². The Balaban J connectivity index is 2.15. The van der Waals surface area contributed by atoms with Gasteiger partial charge in [-0.2, -0.15) is 0 Å². The van der Waals surface area contributed by atoms with Gasteiger partial charge in [-0.25, -0.2) is 4.39 Å². The predicted molar refractivity (Wildman–Crippen MR) is 81.3 cm³/mol. The van der Waals surface area contributed by atoms with Gasteiger partial charge in [0, 0.05) is 33.5 Å². The van der Waals surface area contributed by atoms with Gasteiger partial charge in [-0.15, -0.1) is 0 Å². The minimum Gasteiger partial charge on any atom is -0.392 e. The molecule has 0 heterocycles.